The van der Waals surface area contributed by atoms with Crippen molar-refractivity contribution in [3.63, 3.8) is 0 Å². The van der Waals surface area contributed by atoms with E-state index in [0.717, 1.165) is 57.1 Å². The maximum absolute atomic E-state index is 12.6. The Morgan fingerprint density at radius 2 is 2.04 bits per heavy atom. The summed E-state index contributed by atoms with van der Waals surface area (Å²) in [6, 6.07) is 3.00. The van der Waals surface area contributed by atoms with E-state index in [9.17, 15) is 4.79 Å². The molecule has 3 aliphatic rings. The van der Waals surface area contributed by atoms with Gasteiger partial charge in [-0.25, -0.2) is 4.79 Å². The summed E-state index contributed by atoms with van der Waals surface area (Å²) in [6.07, 6.45) is 4.94. The highest BCUT2D eigenvalue weighted by Crippen LogP contribution is 2.27. The number of hydrogen-bond acceptors (Lipinski definition) is 5. The van der Waals surface area contributed by atoms with Crippen molar-refractivity contribution in [2.75, 3.05) is 39.3 Å². The summed E-state index contributed by atoms with van der Waals surface area (Å²) in [4.78, 5) is 19.5. The predicted octanol–water partition coefficient (Wildman–Crippen LogP) is 1.44. The van der Waals surface area contributed by atoms with Crippen LogP contribution < -0.4 is 5.32 Å². The molecular weight excluding hydrogens is 318 g/mol. The van der Waals surface area contributed by atoms with Crippen molar-refractivity contribution in [3.05, 3.63) is 17.5 Å². The molecule has 0 radical (unpaired) electrons. The molecule has 25 heavy (non-hydrogen) atoms. The van der Waals surface area contributed by atoms with Gasteiger partial charge in [0.15, 0.2) is 5.76 Å². The molecule has 2 unspecified atom stereocenters. The van der Waals surface area contributed by atoms with E-state index >= 15 is 0 Å². The Labute approximate surface area is 149 Å². The second kappa shape index (κ2) is 7.33. The van der Waals surface area contributed by atoms with E-state index in [0.29, 0.717) is 12.1 Å². The van der Waals surface area contributed by atoms with Gasteiger partial charge in [0, 0.05) is 50.9 Å². The molecule has 3 aliphatic heterocycles. The van der Waals surface area contributed by atoms with Crippen LogP contribution in [0.3, 0.4) is 0 Å². The molecule has 3 fully saturated rings. The number of amides is 2. The van der Waals surface area contributed by atoms with Gasteiger partial charge in [0.2, 0.25) is 0 Å². The van der Waals surface area contributed by atoms with E-state index in [1.807, 2.05) is 17.9 Å². The number of hydrogen-bond donors (Lipinski definition) is 1. The van der Waals surface area contributed by atoms with Crippen molar-refractivity contribution in [2.45, 2.75) is 51.2 Å². The molecule has 1 aromatic rings. The third-order valence-electron chi connectivity index (χ3n) is 5.88. The molecule has 0 bridgehead atoms. The van der Waals surface area contributed by atoms with Crippen molar-refractivity contribution in [2.24, 2.45) is 0 Å². The van der Waals surface area contributed by atoms with Crippen LogP contribution in [-0.2, 0) is 6.54 Å². The van der Waals surface area contributed by atoms with Gasteiger partial charge in [0.25, 0.3) is 0 Å². The lowest BCUT2D eigenvalue weighted by molar-refractivity contribution is 0.122. The molecule has 4 rings (SSSR count). The standard InChI is InChI=1S/C18H29N5O2/c1-14-12-15(25-20-14)13-21-8-10-23(11-9-21)18(24)19-16-5-7-22-6-3-2-4-17(16)22/h12,16-17H,2-11,13H2,1H3,(H,19,24). The second-order valence-corrected chi connectivity index (χ2v) is 7.64. The Hall–Kier alpha value is -1.60. The number of piperidine rings is 1. The number of urea groups is 1. The van der Waals surface area contributed by atoms with Crippen LogP contribution in [0.2, 0.25) is 0 Å². The maximum Gasteiger partial charge on any atom is 0.317 e. The summed E-state index contributed by atoms with van der Waals surface area (Å²) in [5.41, 5.74) is 0.918. The van der Waals surface area contributed by atoms with Crippen molar-refractivity contribution < 1.29 is 9.32 Å². The largest absolute Gasteiger partial charge is 0.360 e. The molecular formula is C18H29N5O2. The Morgan fingerprint density at radius 3 is 2.80 bits per heavy atom. The first-order valence-corrected chi connectivity index (χ1v) is 9.63. The zero-order chi connectivity index (χ0) is 17.2. The van der Waals surface area contributed by atoms with Crippen molar-refractivity contribution in [3.8, 4) is 0 Å². The fourth-order valence-corrected chi connectivity index (χ4v) is 4.49. The van der Waals surface area contributed by atoms with Crippen LogP contribution in [0.5, 0.6) is 0 Å². The van der Waals surface area contributed by atoms with Gasteiger partial charge in [-0.05, 0) is 32.7 Å². The first-order chi connectivity index (χ1) is 12.2. The lowest BCUT2D eigenvalue weighted by Gasteiger charge is -2.36. The van der Waals surface area contributed by atoms with Gasteiger partial charge < -0.3 is 14.7 Å². The van der Waals surface area contributed by atoms with E-state index < -0.39 is 0 Å². The molecule has 2 atom stereocenters. The maximum atomic E-state index is 12.6. The summed E-state index contributed by atoms with van der Waals surface area (Å²) >= 11 is 0. The van der Waals surface area contributed by atoms with Gasteiger partial charge in [0.05, 0.1) is 12.2 Å². The van der Waals surface area contributed by atoms with Crippen LogP contribution in [0.1, 0.15) is 37.1 Å². The molecule has 0 aliphatic carbocycles. The number of carbonyl (C=O) groups is 1. The highest BCUT2D eigenvalue weighted by atomic mass is 16.5. The summed E-state index contributed by atoms with van der Waals surface area (Å²) < 4.78 is 5.29. The zero-order valence-corrected chi connectivity index (χ0v) is 15.1. The molecule has 1 aromatic heterocycles. The van der Waals surface area contributed by atoms with E-state index in [-0.39, 0.29) is 6.03 Å². The Balaban J connectivity index is 1.24. The average Bonchev–Trinajstić information content (AvgIpc) is 3.22. The van der Waals surface area contributed by atoms with Crippen LogP contribution in [0.15, 0.2) is 10.6 Å². The van der Waals surface area contributed by atoms with Crippen LogP contribution >= 0.6 is 0 Å². The second-order valence-electron chi connectivity index (χ2n) is 7.64. The van der Waals surface area contributed by atoms with E-state index in [4.69, 9.17) is 4.52 Å². The summed E-state index contributed by atoms with van der Waals surface area (Å²) in [5.74, 6) is 0.902. The number of piperazine rings is 1. The molecule has 0 aromatic carbocycles. The van der Waals surface area contributed by atoms with Crippen molar-refractivity contribution in [1.29, 1.82) is 0 Å². The highest BCUT2D eigenvalue weighted by Gasteiger charge is 2.37. The summed E-state index contributed by atoms with van der Waals surface area (Å²) in [5, 5.41) is 7.25. The van der Waals surface area contributed by atoms with Crippen LogP contribution in [0.25, 0.3) is 0 Å². The van der Waals surface area contributed by atoms with Gasteiger partial charge in [-0.15, -0.1) is 0 Å². The quantitative estimate of drug-likeness (QED) is 0.896. The lowest BCUT2D eigenvalue weighted by atomic mass is 9.99. The van der Waals surface area contributed by atoms with Crippen LogP contribution in [-0.4, -0.2) is 77.2 Å². The lowest BCUT2D eigenvalue weighted by Crippen LogP contribution is -2.55. The first-order valence-electron chi connectivity index (χ1n) is 9.63. The smallest absolute Gasteiger partial charge is 0.317 e. The monoisotopic (exact) mass is 347 g/mol. The van der Waals surface area contributed by atoms with Crippen LogP contribution in [0.4, 0.5) is 4.79 Å². The minimum Gasteiger partial charge on any atom is -0.360 e. The van der Waals surface area contributed by atoms with Crippen molar-refractivity contribution >= 4 is 6.03 Å². The van der Waals surface area contributed by atoms with Gasteiger partial charge in [-0.3, -0.25) is 9.80 Å². The topological polar surface area (TPSA) is 64.8 Å². The first kappa shape index (κ1) is 16.8. The minimum absolute atomic E-state index is 0.118. The highest BCUT2D eigenvalue weighted by molar-refractivity contribution is 5.74. The molecule has 3 saturated heterocycles. The number of aryl methyl sites for hydroxylation is 1. The number of aromatic nitrogens is 1. The Bertz CT molecular complexity index is 596. The SMILES string of the molecule is Cc1cc(CN2CCN(C(=O)NC3CCN4CCCCC34)CC2)on1. The third-order valence-corrected chi connectivity index (χ3v) is 5.88. The molecule has 4 heterocycles. The molecule has 7 nitrogen and oxygen atoms in total. The van der Waals surface area contributed by atoms with Crippen LogP contribution in [0, 0.1) is 6.92 Å². The molecule has 0 spiro atoms. The van der Waals surface area contributed by atoms with E-state index in [2.05, 4.69) is 20.3 Å². The number of fused-ring (bicyclic) bond motifs is 1. The van der Waals surface area contributed by atoms with Gasteiger partial charge in [0.1, 0.15) is 0 Å². The normalized spacial score (nSPS) is 28.1. The van der Waals surface area contributed by atoms with Crippen molar-refractivity contribution in [1.82, 2.24) is 25.2 Å². The molecule has 1 N–H and O–H groups in total. The van der Waals surface area contributed by atoms with Gasteiger partial charge in [-0.2, -0.15) is 0 Å². The number of carbonyl (C=O) groups excluding carboxylic acids is 1. The Kier molecular flexibility index (Phi) is 4.94. The molecule has 7 heteroatoms. The number of rotatable bonds is 3. The van der Waals surface area contributed by atoms with Gasteiger partial charge in [-0.1, -0.05) is 11.6 Å². The minimum atomic E-state index is 0.118. The molecule has 0 saturated carbocycles. The van der Waals surface area contributed by atoms with E-state index in [1.165, 1.54) is 25.8 Å². The summed E-state index contributed by atoms with van der Waals surface area (Å²) in [6.45, 7) is 8.37. The Morgan fingerprint density at radius 1 is 1.20 bits per heavy atom. The van der Waals surface area contributed by atoms with Gasteiger partial charge >= 0.3 is 6.03 Å². The summed E-state index contributed by atoms with van der Waals surface area (Å²) in [7, 11) is 0. The molecule has 2 amide bonds. The number of nitrogens with one attached hydrogen (secondary N) is 1. The number of nitrogens with zero attached hydrogens (tertiary/aromatic N) is 4. The fraction of sp³-hybridized carbons (Fsp3) is 0.778. The molecule has 138 valence electrons. The third kappa shape index (κ3) is 3.82. The average molecular weight is 347 g/mol. The fourth-order valence-electron chi connectivity index (χ4n) is 4.49. The van der Waals surface area contributed by atoms with E-state index in [1.54, 1.807) is 0 Å². The zero-order valence-electron chi connectivity index (χ0n) is 15.1. The predicted molar refractivity (Wildman–Crippen MR) is 94.2 cm³/mol.